The van der Waals surface area contributed by atoms with Crippen molar-refractivity contribution in [1.82, 2.24) is 19.3 Å². The predicted octanol–water partition coefficient (Wildman–Crippen LogP) is 2.83. The summed E-state index contributed by atoms with van der Waals surface area (Å²) < 4.78 is 9.21. The number of carbonyl (C=O) groups excluding carboxylic acids is 1. The lowest BCUT2D eigenvalue weighted by Crippen LogP contribution is -2.40. The van der Waals surface area contributed by atoms with Crippen LogP contribution in [0.4, 0.5) is 5.82 Å². The Morgan fingerprint density at radius 2 is 2.19 bits per heavy atom. The van der Waals surface area contributed by atoms with Crippen molar-refractivity contribution in [2.75, 3.05) is 18.5 Å². The first-order valence-electron chi connectivity index (χ1n) is 10.7. The van der Waals surface area contributed by atoms with E-state index in [9.17, 15) is 14.9 Å². The summed E-state index contributed by atoms with van der Waals surface area (Å²) in [5.41, 5.74) is 1.78. The van der Waals surface area contributed by atoms with Crippen molar-refractivity contribution in [2.45, 2.75) is 44.7 Å². The highest BCUT2D eigenvalue weighted by molar-refractivity contribution is 5.98. The second-order valence-corrected chi connectivity index (χ2v) is 8.94. The Balaban J connectivity index is 1.65. The van der Waals surface area contributed by atoms with Crippen LogP contribution in [0, 0.1) is 17.2 Å². The monoisotopic (exact) mass is 432 g/mol. The number of nitriles is 1. The lowest BCUT2D eigenvalue weighted by molar-refractivity contribution is -0.114. The number of rotatable bonds is 4. The van der Waals surface area contributed by atoms with Crippen molar-refractivity contribution < 1.29 is 9.53 Å². The normalized spacial score (nSPS) is 24.8. The van der Waals surface area contributed by atoms with E-state index in [1.165, 1.54) is 11.6 Å². The number of nitrogens with one attached hydrogen (secondary N) is 1. The summed E-state index contributed by atoms with van der Waals surface area (Å²) >= 11 is 0. The minimum absolute atomic E-state index is 0.0647. The van der Waals surface area contributed by atoms with Crippen LogP contribution in [0.25, 0.3) is 22.2 Å². The predicted molar refractivity (Wildman–Crippen MR) is 118 cm³/mol. The molecule has 4 heterocycles. The molecule has 9 nitrogen and oxygen atoms in total. The molecule has 0 spiro atoms. The van der Waals surface area contributed by atoms with Crippen LogP contribution >= 0.6 is 0 Å². The van der Waals surface area contributed by atoms with Crippen LogP contribution in [0.2, 0.25) is 0 Å². The Kier molecular flexibility index (Phi) is 4.82. The van der Waals surface area contributed by atoms with Gasteiger partial charge in [-0.1, -0.05) is 0 Å². The summed E-state index contributed by atoms with van der Waals surface area (Å²) in [6, 6.07) is 7.64. The van der Waals surface area contributed by atoms with Gasteiger partial charge in [-0.05, 0) is 38.3 Å². The quantitative estimate of drug-likeness (QED) is 0.678. The average Bonchev–Trinajstić information content (AvgIpc) is 3.32. The van der Waals surface area contributed by atoms with Crippen LogP contribution in [-0.4, -0.2) is 38.5 Å². The summed E-state index contributed by atoms with van der Waals surface area (Å²) in [5.74, 6) is 0.321. The first kappa shape index (κ1) is 20.4. The van der Waals surface area contributed by atoms with Gasteiger partial charge >= 0.3 is 0 Å². The lowest BCUT2D eigenvalue weighted by atomic mass is 9.81. The number of hydrogen-bond donors (Lipinski definition) is 1. The van der Waals surface area contributed by atoms with Gasteiger partial charge in [0.25, 0.3) is 5.56 Å². The molecule has 164 valence electrons. The fraction of sp³-hybridized carbons (Fsp3) is 0.435. The molecule has 1 N–H and O–H groups in total. The topological polar surface area (TPSA) is 115 Å². The van der Waals surface area contributed by atoms with E-state index in [0.717, 1.165) is 35.7 Å². The van der Waals surface area contributed by atoms with E-state index in [1.54, 1.807) is 18.3 Å². The van der Waals surface area contributed by atoms with Crippen molar-refractivity contribution in [3.8, 4) is 17.3 Å². The maximum atomic E-state index is 12.6. The summed E-state index contributed by atoms with van der Waals surface area (Å²) in [6.45, 7) is 4.47. The molecule has 1 atom stereocenters. The summed E-state index contributed by atoms with van der Waals surface area (Å²) in [5, 5.41) is 17.5. The zero-order valence-electron chi connectivity index (χ0n) is 18.0. The van der Waals surface area contributed by atoms with Crippen LogP contribution in [0.5, 0.6) is 0 Å². The van der Waals surface area contributed by atoms with Gasteiger partial charge in [-0.15, -0.1) is 0 Å². The Morgan fingerprint density at radius 3 is 2.88 bits per heavy atom. The molecule has 3 aromatic rings. The van der Waals surface area contributed by atoms with Crippen molar-refractivity contribution in [3.63, 3.8) is 0 Å². The molecule has 1 saturated carbocycles. The van der Waals surface area contributed by atoms with Gasteiger partial charge in [0.15, 0.2) is 0 Å². The first-order valence-corrected chi connectivity index (χ1v) is 10.7. The first-order chi connectivity index (χ1) is 15.4. The molecular formula is C23H24N6O3. The van der Waals surface area contributed by atoms with Crippen molar-refractivity contribution >= 4 is 22.6 Å². The molecule has 1 aliphatic heterocycles. The van der Waals surface area contributed by atoms with Crippen molar-refractivity contribution in [2.24, 2.45) is 5.92 Å². The molecule has 2 fully saturated rings. The highest BCUT2D eigenvalue weighted by atomic mass is 16.5. The molecule has 2 aliphatic rings. The second kappa shape index (κ2) is 7.57. The van der Waals surface area contributed by atoms with Crippen molar-refractivity contribution in [1.29, 1.82) is 5.26 Å². The SMILES string of the molecule is CC(=O)Nc1cc2c(-c3ccc(=O)n(C4(C)CCOC4)n3)cn(C3CC(C#N)C3)c2cn1. The van der Waals surface area contributed by atoms with Gasteiger partial charge in [-0.2, -0.15) is 10.4 Å². The number of hydrogen-bond acceptors (Lipinski definition) is 6. The molecular weight excluding hydrogens is 408 g/mol. The van der Waals surface area contributed by atoms with Gasteiger partial charge in [0.2, 0.25) is 5.91 Å². The summed E-state index contributed by atoms with van der Waals surface area (Å²) in [7, 11) is 0. The zero-order chi connectivity index (χ0) is 22.5. The third-order valence-corrected chi connectivity index (χ3v) is 6.50. The molecule has 9 heteroatoms. The molecule has 1 amide bonds. The molecule has 32 heavy (non-hydrogen) atoms. The van der Waals surface area contributed by atoms with Crippen LogP contribution < -0.4 is 10.9 Å². The van der Waals surface area contributed by atoms with E-state index in [2.05, 4.69) is 20.9 Å². The fourth-order valence-corrected chi connectivity index (χ4v) is 4.59. The number of pyridine rings is 1. The van der Waals surface area contributed by atoms with Crippen LogP contribution in [0.3, 0.4) is 0 Å². The van der Waals surface area contributed by atoms with Gasteiger partial charge in [-0.3, -0.25) is 9.59 Å². The third kappa shape index (κ3) is 3.37. The largest absolute Gasteiger partial charge is 0.379 e. The number of ether oxygens (including phenoxy) is 1. The van der Waals surface area contributed by atoms with E-state index in [0.29, 0.717) is 24.7 Å². The standard InChI is InChI=1S/C23H24N6O3/c1-14(30)26-21-9-17-18(12-28(20(17)11-25-21)16-7-15(8-16)10-24)19-3-4-22(31)29(27-19)23(2)5-6-32-13-23/h3-4,9,11-12,15-16H,5-8,13H2,1-2H3,(H,25,26,30). The number of carbonyl (C=O) groups is 1. The second-order valence-electron chi connectivity index (χ2n) is 8.94. The summed E-state index contributed by atoms with van der Waals surface area (Å²) in [4.78, 5) is 28.6. The van der Waals surface area contributed by atoms with E-state index in [1.807, 2.05) is 19.2 Å². The fourth-order valence-electron chi connectivity index (χ4n) is 4.59. The Morgan fingerprint density at radius 1 is 1.38 bits per heavy atom. The van der Waals surface area contributed by atoms with Gasteiger partial charge in [0.1, 0.15) is 5.82 Å². The van der Waals surface area contributed by atoms with Gasteiger partial charge in [-0.25, -0.2) is 9.67 Å². The van der Waals surface area contributed by atoms with Crippen molar-refractivity contribution in [3.05, 3.63) is 40.9 Å². The molecule has 0 bridgehead atoms. The Bertz CT molecular complexity index is 1310. The number of nitrogens with zero attached hydrogens (tertiary/aromatic N) is 5. The highest BCUT2D eigenvalue weighted by Gasteiger charge is 2.35. The average molecular weight is 432 g/mol. The van der Waals surface area contributed by atoms with E-state index < -0.39 is 5.54 Å². The van der Waals surface area contributed by atoms with E-state index >= 15 is 0 Å². The van der Waals surface area contributed by atoms with E-state index in [-0.39, 0.29) is 23.4 Å². The van der Waals surface area contributed by atoms with Gasteiger partial charge < -0.3 is 14.6 Å². The molecule has 0 aromatic carbocycles. The number of amides is 1. The highest BCUT2D eigenvalue weighted by Crippen LogP contribution is 2.42. The Labute approximate surface area is 184 Å². The van der Waals surface area contributed by atoms with Gasteiger partial charge in [0.05, 0.1) is 41.5 Å². The van der Waals surface area contributed by atoms with E-state index in [4.69, 9.17) is 9.84 Å². The van der Waals surface area contributed by atoms with Crippen LogP contribution in [0.15, 0.2) is 35.4 Å². The molecule has 0 radical (unpaired) electrons. The smallest absolute Gasteiger partial charge is 0.267 e. The maximum absolute atomic E-state index is 12.6. The molecule has 1 aliphatic carbocycles. The number of aromatic nitrogens is 4. The molecule has 1 saturated heterocycles. The number of anilines is 1. The molecule has 3 aromatic heterocycles. The van der Waals surface area contributed by atoms with Crippen LogP contribution in [-0.2, 0) is 15.1 Å². The lowest BCUT2D eigenvalue weighted by Gasteiger charge is -2.32. The Hall–Kier alpha value is -3.51. The molecule has 1 unspecified atom stereocenters. The van der Waals surface area contributed by atoms with Gasteiger partial charge in [0, 0.05) is 42.8 Å². The van der Waals surface area contributed by atoms with Crippen LogP contribution in [0.1, 0.15) is 39.2 Å². The summed E-state index contributed by atoms with van der Waals surface area (Å²) in [6.07, 6.45) is 6.06. The maximum Gasteiger partial charge on any atom is 0.267 e. The number of fused-ring (bicyclic) bond motifs is 1. The third-order valence-electron chi connectivity index (χ3n) is 6.50. The zero-order valence-corrected chi connectivity index (χ0v) is 18.0. The molecule has 5 rings (SSSR count). The minimum Gasteiger partial charge on any atom is -0.379 e. The minimum atomic E-state index is -0.484.